The van der Waals surface area contributed by atoms with Crippen LogP contribution < -0.4 is 20.7 Å². The number of ether oxygens (including phenoxy) is 1. The van der Waals surface area contributed by atoms with Gasteiger partial charge in [-0.3, -0.25) is 14.6 Å². The van der Waals surface area contributed by atoms with Gasteiger partial charge in [-0.25, -0.2) is 9.98 Å². The molecule has 1 aromatic rings. The largest absolute Gasteiger partial charge is 2.00 e. The zero-order chi connectivity index (χ0) is 32.3. The minimum atomic E-state index is -1.26. The van der Waals surface area contributed by atoms with Gasteiger partial charge in [0.15, 0.2) is 0 Å². The summed E-state index contributed by atoms with van der Waals surface area (Å²) < 4.78 is 5.10. The molecule has 1 aromatic heterocycles. The summed E-state index contributed by atoms with van der Waals surface area (Å²) in [5.74, 6) is -4.00. The molecule has 0 radical (unpaired) electrons. The second-order valence-electron chi connectivity index (χ2n) is 11.7. The van der Waals surface area contributed by atoms with Gasteiger partial charge in [-0.05, 0) is 60.8 Å². The van der Waals surface area contributed by atoms with E-state index in [1.807, 2.05) is 39.0 Å². The molecule has 11 heteroatoms. The van der Waals surface area contributed by atoms with Crippen LogP contribution in [0.1, 0.15) is 51.3 Å². The molecule has 0 saturated heterocycles. The van der Waals surface area contributed by atoms with Crippen LogP contribution in [0.3, 0.4) is 0 Å². The average molecular weight is 631 g/mol. The van der Waals surface area contributed by atoms with E-state index in [9.17, 15) is 24.9 Å². The van der Waals surface area contributed by atoms with Crippen molar-refractivity contribution in [3.63, 3.8) is 0 Å². The summed E-state index contributed by atoms with van der Waals surface area (Å²) in [4.78, 5) is 44.7. The molecule has 3 atom stereocenters. The van der Waals surface area contributed by atoms with Crippen LogP contribution in [0.5, 0.6) is 0 Å². The predicted octanol–water partition coefficient (Wildman–Crippen LogP) is 1.80. The maximum atomic E-state index is 14.0. The Bertz CT molecular complexity index is 1980. The number of aromatic nitrogens is 1. The standard InChI is InChI=1S/C35H36N4O6.Mg/c1-7-18-15(3)22-11-23-16(4)20(9-10-28(41)42)32(38-23)30-31(35(44)45-6)34(43)29-17(5)24(39-33(29)30)12-26-19(8-2)21(14-40)27(37-26)13-25(18)36-22;/h7,11-13,16,20,31,40H,1,8-10,14H2,2-6H3,(H3,36,37,38,39,41,42,43);/q;+2/p-2/t16-,20-,31+;/m0./s1. The summed E-state index contributed by atoms with van der Waals surface area (Å²) in [5.41, 5.74) is 8.36. The van der Waals surface area contributed by atoms with Crippen molar-refractivity contribution in [3.05, 3.63) is 86.0 Å². The number of aliphatic imine (C=N–C) groups is 3. The molecule has 0 saturated carbocycles. The number of carboxylic acids is 1. The number of esters is 1. The van der Waals surface area contributed by atoms with Crippen LogP contribution in [0.25, 0.3) is 17.4 Å². The topological polar surface area (TPSA) is 158 Å². The molecule has 8 bridgehead atoms. The van der Waals surface area contributed by atoms with Gasteiger partial charge in [-0.15, -0.1) is 16.8 Å². The molecule has 4 aliphatic heterocycles. The van der Waals surface area contributed by atoms with E-state index in [2.05, 4.69) is 6.58 Å². The molecule has 0 spiro atoms. The van der Waals surface area contributed by atoms with Gasteiger partial charge in [0.2, 0.25) is 0 Å². The molecular weight excluding hydrogens is 597 g/mol. The molecule has 1 aliphatic carbocycles. The molecule has 46 heavy (non-hydrogen) atoms. The molecular formula is C35H34MgN4O6. The van der Waals surface area contributed by atoms with Gasteiger partial charge in [0.1, 0.15) is 0 Å². The first-order valence-corrected chi connectivity index (χ1v) is 15.0. The van der Waals surface area contributed by atoms with Crippen LogP contribution in [0, 0.1) is 24.7 Å². The monoisotopic (exact) mass is 630 g/mol. The third-order valence-electron chi connectivity index (χ3n) is 9.41. The van der Waals surface area contributed by atoms with E-state index in [0.29, 0.717) is 73.6 Å². The van der Waals surface area contributed by atoms with Gasteiger partial charge in [-0.1, -0.05) is 38.1 Å². The summed E-state index contributed by atoms with van der Waals surface area (Å²) in [6, 6.07) is 0. The quantitative estimate of drug-likeness (QED) is 0.343. The minimum absolute atomic E-state index is 0. The first-order valence-electron chi connectivity index (χ1n) is 15.0. The Balaban J connectivity index is 0.00000417. The third kappa shape index (κ3) is 5.10. The number of carbonyl (C=O) groups excluding carboxylic acids is 1. The molecule has 6 rings (SSSR count). The second kappa shape index (κ2) is 12.6. The predicted molar refractivity (Wildman–Crippen MR) is 175 cm³/mol. The van der Waals surface area contributed by atoms with Crippen LogP contribution in [-0.4, -0.2) is 76.1 Å². The summed E-state index contributed by atoms with van der Waals surface area (Å²) in [7, 11) is 1.24. The van der Waals surface area contributed by atoms with Gasteiger partial charge in [0.05, 0.1) is 42.5 Å². The number of hydrogen-bond donors (Lipinski definition) is 2. The first-order chi connectivity index (χ1) is 21.5. The Kier molecular flexibility index (Phi) is 9.13. The molecule has 5 aliphatic rings. The number of allylic oxidation sites excluding steroid dienone is 6. The van der Waals surface area contributed by atoms with Crippen molar-refractivity contribution < 1.29 is 29.6 Å². The van der Waals surface area contributed by atoms with E-state index in [1.165, 1.54) is 7.11 Å². The molecule has 0 aromatic carbocycles. The second-order valence-corrected chi connectivity index (χ2v) is 11.7. The number of fused-ring (bicyclic) bond motifs is 5. The van der Waals surface area contributed by atoms with E-state index in [0.717, 1.165) is 16.7 Å². The number of methoxy groups -OCH3 is 1. The maximum Gasteiger partial charge on any atom is 2.00 e. The SMILES string of the molecule is C=CC1=C(C)C2=NC1=CC1=NC(=Cc3[n-]c4c(c3C)=C([O-])[C@H](C(=O)OC)C=4C3=NC(=C2)[C@@H](C)[C@@H]3CCC(=O)O)C(CC)=C1CO.[Mg+2]. The molecule has 0 amide bonds. The number of nitrogens with zero attached hydrogens (tertiary/aromatic N) is 4. The number of carboxylic acid groups (broad SMARTS) is 1. The number of hydrogen-bond acceptors (Lipinski definition) is 8. The third-order valence-corrected chi connectivity index (χ3v) is 9.41. The smallest absolute Gasteiger partial charge is 0.874 e. The number of carbonyl (C=O) groups is 2. The minimum Gasteiger partial charge on any atom is -0.874 e. The fourth-order valence-corrected chi connectivity index (χ4v) is 6.98. The summed E-state index contributed by atoms with van der Waals surface area (Å²) in [6.45, 7) is 11.5. The van der Waals surface area contributed by atoms with E-state index >= 15 is 0 Å². The van der Waals surface area contributed by atoms with Crippen LogP contribution >= 0.6 is 0 Å². The number of aliphatic carboxylic acids is 1. The number of aliphatic hydroxyl groups is 1. The van der Waals surface area contributed by atoms with E-state index in [-0.39, 0.29) is 48.4 Å². The van der Waals surface area contributed by atoms with Crippen LogP contribution in [-0.2, 0) is 14.3 Å². The summed E-state index contributed by atoms with van der Waals surface area (Å²) >= 11 is 0. The Labute approximate surface area is 282 Å². The Morgan fingerprint density at radius 3 is 2.46 bits per heavy atom. The fourth-order valence-electron chi connectivity index (χ4n) is 6.98. The molecule has 2 N–H and O–H groups in total. The Morgan fingerprint density at radius 1 is 1.11 bits per heavy atom. The van der Waals surface area contributed by atoms with Crippen molar-refractivity contribution in [1.82, 2.24) is 4.98 Å². The molecule has 0 fully saturated rings. The van der Waals surface area contributed by atoms with Crippen LogP contribution in [0.4, 0.5) is 0 Å². The first kappa shape index (κ1) is 33.3. The van der Waals surface area contributed by atoms with Crippen molar-refractivity contribution in [2.24, 2.45) is 32.7 Å². The number of aliphatic hydroxyl groups excluding tert-OH is 1. The zero-order valence-electron chi connectivity index (χ0n) is 26.6. The van der Waals surface area contributed by atoms with Crippen molar-refractivity contribution in [2.75, 3.05) is 13.7 Å². The van der Waals surface area contributed by atoms with Crippen molar-refractivity contribution in [3.8, 4) is 0 Å². The fraction of sp³-hybridized carbons (Fsp3) is 0.343. The van der Waals surface area contributed by atoms with Gasteiger partial charge >= 0.3 is 35.0 Å². The van der Waals surface area contributed by atoms with Crippen LogP contribution in [0.15, 0.2) is 79.2 Å². The Morgan fingerprint density at radius 2 is 1.83 bits per heavy atom. The zero-order valence-corrected chi connectivity index (χ0v) is 28.0. The van der Waals surface area contributed by atoms with Crippen molar-refractivity contribution in [1.29, 1.82) is 0 Å². The molecule has 232 valence electrons. The maximum absolute atomic E-state index is 14.0. The van der Waals surface area contributed by atoms with E-state index in [4.69, 9.17) is 24.7 Å². The van der Waals surface area contributed by atoms with Crippen molar-refractivity contribution >= 4 is 69.5 Å². The van der Waals surface area contributed by atoms with Gasteiger partial charge in [0.25, 0.3) is 0 Å². The summed E-state index contributed by atoms with van der Waals surface area (Å²) in [5, 5.41) is 34.7. The molecule has 5 heterocycles. The van der Waals surface area contributed by atoms with Crippen LogP contribution in [0.2, 0.25) is 0 Å². The van der Waals surface area contributed by atoms with Crippen molar-refractivity contribution in [2.45, 2.75) is 47.0 Å². The van der Waals surface area contributed by atoms with Gasteiger partial charge in [0, 0.05) is 40.8 Å². The molecule has 0 unspecified atom stereocenters. The Hall–Kier alpha value is -4.06. The van der Waals surface area contributed by atoms with Gasteiger partial charge in [-0.2, -0.15) is 0 Å². The average Bonchev–Trinajstić information content (AvgIpc) is 3.76. The number of rotatable bonds is 7. The van der Waals surface area contributed by atoms with E-state index in [1.54, 1.807) is 13.0 Å². The van der Waals surface area contributed by atoms with E-state index < -0.39 is 29.5 Å². The normalized spacial score (nSPS) is 23.0. The van der Waals surface area contributed by atoms with Gasteiger partial charge < -0.3 is 25.0 Å². The molecule has 10 nitrogen and oxygen atoms in total. The summed E-state index contributed by atoms with van der Waals surface area (Å²) in [6.07, 6.45) is 8.01.